The molecule has 1 aliphatic rings. The van der Waals surface area contributed by atoms with Crippen LogP contribution in [-0.4, -0.2) is 24.6 Å². The quantitative estimate of drug-likeness (QED) is 0.402. The molecule has 0 saturated heterocycles. The first kappa shape index (κ1) is 17.7. The Morgan fingerprint density at radius 2 is 2.09 bits per heavy atom. The van der Waals surface area contributed by atoms with Gasteiger partial charge in [-0.05, 0) is 52.7 Å². The van der Waals surface area contributed by atoms with Gasteiger partial charge in [-0.3, -0.25) is 14.9 Å². The number of benzene rings is 1. The minimum atomic E-state index is -0.448. The number of nitrogens with zero attached hydrogens (tertiary/aromatic N) is 1. The molecule has 0 spiro atoms. The molecule has 6 nitrogen and oxygen atoms in total. The number of hydrogen-bond acceptors (Lipinski definition) is 5. The number of carbonyl (C=O) groups excluding carboxylic acids is 1. The lowest BCUT2D eigenvalue weighted by Crippen LogP contribution is -2.10. The lowest BCUT2D eigenvalue weighted by atomic mass is 10.1. The van der Waals surface area contributed by atoms with Crippen LogP contribution in [0.1, 0.15) is 37.7 Å². The Morgan fingerprint density at radius 1 is 1.39 bits per heavy atom. The summed E-state index contributed by atoms with van der Waals surface area (Å²) in [5.74, 6) is 0.398. The molecular formula is C16H20BrNO5. The SMILES string of the molecule is COC(=O)CCc1cc(Br)c(OCC2CCCC2)c([N+](=O)[O-])c1. The molecule has 1 aliphatic carbocycles. The highest BCUT2D eigenvalue weighted by molar-refractivity contribution is 9.10. The Morgan fingerprint density at radius 3 is 2.70 bits per heavy atom. The molecule has 1 fully saturated rings. The lowest BCUT2D eigenvalue weighted by Gasteiger charge is -2.14. The summed E-state index contributed by atoms with van der Waals surface area (Å²) in [6.07, 6.45) is 5.19. The molecule has 0 amide bonds. The van der Waals surface area contributed by atoms with Crippen molar-refractivity contribution in [2.75, 3.05) is 13.7 Å². The number of aryl methyl sites for hydroxylation is 1. The molecule has 1 saturated carbocycles. The zero-order chi connectivity index (χ0) is 16.8. The first-order valence-corrected chi connectivity index (χ1v) is 8.47. The Balaban J connectivity index is 2.13. The third-order valence-electron chi connectivity index (χ3n) is 4.06. The number of rotatable bonds is 7. The molecule has 0 atom stereocenters. The van der Waals surface area contributed by atoms with Gasteiger partial charge in [0.05, 0.1) is 23.1 Å². The van der Waals surface area contributed by atoms with Gasteiger partial charge < -0.3 is 9.47 Å². The fourth-order valence-electron chi connectivity index (χ4n) is 2.78. The standard InChI is InChI=1S/C16H20BrNO5/c1-22-15(19)7-6-12-8-13(17)16(14(9-12)18(20)21)23-10-11-4-2-3-5-11/h8-9,11H,2-7,10H2,1H3. The van der Waals surface area contributed by atoms with Crippen molar-refractivity contribution >= 4 is 27.6 Å². The van der Waals surface area contributed by atoms with Gasteiger partial charge in [0.1, 0.15) is 0 Å². The van der Waals surface area contributed by atoms with E-state index in [2.05, 4.69) is 20.7 Å². The van der Waals surface area contributed by atoms with Gasteiger partial charge in [0, 0.05) is 12.5 Å². The van der Waals surface area contributed by atoms with Gasteiger partial charge in [0.2, 0.25) is 5.75 Å². The topological polar surface area (TPSA) is 78.7 Å². The van der Waals surface area contributed by atoms with Crippen LogP contribution in [0.3, 0.4) is 0 Å². The van der Waals surface area contributed by atoms with Gasteiger partial charge in [-0.2, -0.15) is 0 Å². The van der Waals surface area contributed by atoms with Crippen LogP contribution in [0.5, 0.6) is 5.75 Å². The molecule has 2 rings (SSSR count). The second-order valence-corrected chi connectivity index (χ2v) is 6.57. The predicted molar refractivity (Wildman–Crippen MR) is 88.6 cm³/mol. The zero-order valence-electron chi connectivity index (χ0n) is 13.0. The summed E-state index contributed by atoms with van der Waals surface area (Å²) in [7, 11) is 1.32. The first-order chi connectivity index (χ1) is 11.0. The highest BCUT2D eigenvalue weighted by Gasteiger charge is 2.23. The number of hydrogen-bond donors (Lipinski definition) is 0. The molecule has 0 aromatic heterocycles. The van der Waals surface area contributed by atoms with Crippen LogP contribution >= 0.6 is 15.9 Å². The number of halogens is 1. The number of ether oxygens (including phenoxy) is 2. The molecule has 7 heteroatoms. The molecular weight excluding hydrogens is 366 g/mol. The molecule has 0 aliphatic heterocycles. The van der Waals surface area contributed by atoms with Crippen LogP contribution in [0.25, 0.3) is 0 Å². The van der Waals surface area contributed by atoms with Crippen LogP contribution in [0.15, 0.2) is 16.6 Å². The molecule has 1 aromatic carbocycles. The summed E-state index contributed by atoms with van der Waals surface area (Å²) >= 11 is 3.35. The second-order valence-electron chi connectivity index (χ2n) is 5.72. The Kier molecular flexibility index (Phi) is 6.38. The normalized spacial score (nSPS) is 14.7. The summed E-state index contributed by atoms with van der Waals surface area (Å²) in [5.41, 5.74) is 0.624. The average molecular weight is 386 g/mol. The second kappa shape index (κ2) is 8.29. The maximum atomic E-state index is 11.3. The molecule has 1 aromatic rings. The van der Waals surface area contributed by atoms with Crippen molar-refractivity contribution in [1.29, 1.82) is 0 Å². The first-order valence-electron chi connectivity index (χ1n) is 7.67. The Hall–Kier alpha value is -1.63. The summed E-state index contributed by atoms with van der Waals surface area (Å²) < 4.78 is 10.9. The number of carbonyl (C=O) groups is 1. The van der Waals surface area contributed by atoms with E-state index in [1.54, 1.807) is 6.07 Å². The van der Waals surface area contributed by atoms with Crippen molar-refractivity contribution in [2.45, 2.75) is 38.5 Å². The van der Waals surface area contributed by atoms with Gasteiger partial charge in [-0.25, -0.2) is 0 Å². The molecule has 0 unspecified atom stereocenters. The van der Waals surface area contributed by atoms with E-state index in [1.807, 2.05) is 0 Å². The van der Waals surface area contributed by atoms with Gasteiger partial charge in [-0.1, -0.05) is 12.8 Å². The smallest absolute Gasteiger partial charge is 0.312 e. The third kappa shape index (κ3) is 4.92. The van der Waals surface area contributed by atoms with Crippen molar-refractivity contribution in [2.24, 2.45) is 5.92 Å². The van der Waals surface area contributed by atoms with Gasteiger partial charge in [0.15, 0.2) is 0 Å². The minimum Gasteiger partial charge on any atom is -0.486 e. The summed E-state index contributed by atoms with van der Waals surface area (Å²) in [6, 6.07) is 3.23. The number of esters is 1. The van der Waals surface area contributed by atoms with E-state index >= 15 is 0 Å². The van der Waals surface area contributed by atoms with Crippen LogP contribution in [0.4, 0.5) is 5.69 Å². The Bertz CT molecular complexity index is 584. The molecule has 23 heavy (non-hydrogen) atoms. The number of methoxy groups -OCH3 is 1. The number of nitro groups is 1. The highest BCUT2D eigenvalue weighted by atomic mass is 79.9. The van der Waals surface area contributed by atoms with E-state index in [9.17, 15) is 14.9 Å². The van der Waals surface area contributed by atoms with E-state index in [0.717, 1.165) is 12.8 Å². The van der Waals surface area contributed by atoms with Gasteiger partial charge in [0.25, 0.3) is 0 Å². The third-order valence-corrected chi connectivity index (χ3v) is 4.65. The molecule has 126 valence electrons. The maximum Gasteiger partial charge on any atom is 0.312 e. The van der Waals surface area contributed by atoms with Crippen molar-refractivity contribution in [3.63, 3.8) is 0 Å². The van der Waals surface area contributed by atoms with Crippen molar-refractivity contribution in [3.8, 4) is 5.75 Å². The van der Waals surface area contributed by atoms with Crippen LogP contribution < -0.4 is 4.74 Å². The molecule has 0 radical (unpaired) electrons. The predicted octanol–water partition coefficient (Wildman–Crippen LogP) is 4.03. The van der Waals surface area contributed by atoms with Gasteiger partial charge >= 0.3 is 11.7 Å². The molecule has 0 N–H and O–H groups in total. The molecule has 0 bridgehead atoms. The summed E-state index contributed by atoms with van der Waals surface area (Å²) in [4.78, 5) is 22.1. The van der Waals surface area contributed by atoms with E-state index in [4.69, 9.17) is 4.74 Å². The van der Waals surface area contributed by atoms with Crippen LogP contribution in [0.2, 0.25) is 0 Å². The van der Waals surface area contributed by atoms with E-state index in [0.29, 0.717) is 29.0 Å². The zero-order valence-corrected chi connectivity index (χ0v) is 14.6. The lowest BCUT2D eigenvalue weighted by molar-refractivity contribution is -0.386. The Labute approximate surface area is 143 Å². The molecule has 0 heterocycles. The van der Waals surface area contributed by atoms with Gasteiger partial charge in [-0.15, -0.1) is 0 Å². The summed E-state index contributed by atoms with van der Waals surface area (Å²) in [5, 5.41) is 11.3. The summed E-state index contributed by atoms with van der Waals surface area (Å²) in [6.45, 7) is 0.501. The van der Waals surface area contributed by atoms with Crippen molar-refractivity contribution in [3.05, 3.63) is 32.3 Å². The van der Waals surface area contributed by atoms with Crippen LogP contribution in [0, 0.1) is 16.0 Å². The van der Waals surface area contributed by atoms with Crippen LogP contribution in [-0.2, 0) is 16.0 Å². The van der Waals surface area contributed by atoms with Crippen molar-refractivity contribution in [1.82, 2.24) is 0 Å². The fourth-order valence-corrected chi connectivity index (χ4v) is 3.39. The van der Waals surface area contributed by atoms with E-state index < -0.39 is 4.92 Å². The number of nitro benzene ring substituents is 1. The maximum absolute atomic E-state index is 11.3. The largest absolute Gasteiger partial charge is 0.486 e. The monoisotopic (exact) mass is 385 g/mol. The van der Waals surface area contributed by atoms with Crippen molar-refractivity contribution < 1.29 is 19.2 Å². The minimum absolute atomic E-state index is 0.0720. The fraction of sp³-hybridized carbons (Fsp3) is 0.562. The van der Waals surface area contributed by atoms with E-state index in [1.165, 1.54) is 26.0 Å². The average Bonchev–Trinajstić information content (AvgIpc) is 3.04. The highest BCUT2D eigenvalue weighted by Crippen LogP contribution is 2.38. The van der Waals surface area contributed by atoms with E-state index in [-0.39, 0.29) is 23.8 Å².